The van der Waals surface area contributed by atoms with Crippen LogP contribution in [0.2, 0.25) is 0 Å². The van der Waals surface area contributed by atoms with Gasteiger partial charge in [-0.25, -0.2) is 26.3 Å². The van der Waals surface area contributed by atoms with Gasteiger partial charge in [-0.15, -0.1) is 0 Å². The zero-order valence-corrected chi connectivity index (χ0v) is 14.9. The monoisotopic (exact) mass is 455 g/mol. The highest BCUT2D eigenvalue weighted by Gasteiger charge is 2.40. The number of aliphatic hydroxyl groups is 1. The van der Waals surface area contributed by atoms with Gasteiger partial charge >= 0.3 is 0 Å². The van der Waals surface area contributed by atoms with Gasteiger partial charge in [0.05, 0.1) is 16.6 Å². The van der Waals surface area contributed by atoms with Crippen LogP contribution in [0.25, 0.3) is 0 Å². The molecule has 0 spiro atoms. The second kappa shape index (κ2) is 8.30. The molecule has 27 heavy (non-hydrogen) atoms. The van der Waals surface area contributed by atoms with E-state index < -0.39 is 53.7 Å². The van der Waals surface area contributed by atoms with E-state index in [1.807, 2.05) is 0 Å². The standard InChI is InChI=1S/C17H12BrF6NO2/c18-11-6-5-10(15(21)22)12(13(11)20)16(27)25-7-17(23,24)14(26)8-1-3-9(19)4-2-8/h1-6,14-15,26H,7H2,(H,25,27)/t14-/m0/s1. The first-order valence-electron chi connectivity index (χ1n) is 7.40. The third kappa shape index (κ3) is 4.81. The molecule has 0 aliphatic rings. The summed E-state index contributed by atoms with van der Waals surface area (Å²) in [5.41, 5.74) is -2.36. The molecule has 0 saturated carbocycles. The SMILES string of the molecule is O=C(NCC(F)(F)[C@@H](O)c1ccc(F)cc1)c1c(C(F)F)ccc(Br)c1F. The number of hydrogen-bond acceptors (Lipinski definition) is 2. The van der Waals surface area contributed by atoms with E-state index in [0.717, 1.165) is 36.4 Å². The topological polar surface area (TPSA) is 49.3 Å². The van der Waals surface area contributed by atoms with E-state index in [1.165, 1.54) is 0 Å². The highest BCUT2D eigenvalue weighted by molar-refractivity contribution is 9.10. The fourth-order valence-electron chi connectivity index (χ4n) is 2.25. The van der Waals surface area contributed by atoms with Crippen LogP contribution in [0.1, 0.15) is 34.0 Å². The fraction of sp³-hybridized carbons (Fsp3) is 0.235. The number of nitrogens with one attached hydrogen (secondary N) is 1. The van der Waals surface area contributed by atoms with E-state index in [1.54, 1.807) is 5.32 Å². The normalized spacial score (nSPS) is 12.9. The molecule has 0 heterocycles. The van der Waals surface area contributed by atoms with Gasteiger partial charge in [-0.3, -0.25) is 4.79 Å². The van der Waals surface area contributed by atoms with Crippen molar-refractivity contribution in [2.75, 3.05) is 6.54 Å². The number of benzene rings is 2. The molecule has 10 heteroatoms. The lowest BCUT2D eigenvalue weighted by atomic mass is 10.0. The Balaban J connectivity index is 2.19. The average molecular weight is 456 g/mol. The minimum Gasteiger partial charge on any atom is -0.382 e. The Morgan fingerprint density at radius 2 is 1.70 bits per heavy atom. The van der Waals surface area contributed by atoms with Crippen molar-refractivity contribution in [3.8, 4) is 0 Å². The van der Waals surface area contributed by atoms with Gasteiger partial charge in [-0.05, 0) is 39.7 Å². The Morgan fingerprint density at radius 1 is 1.11 bits per heavy atom. The highest BCUT2D eigenvalue weighted by Crippen LogP contribution is 2.32. The molecule has 1 amide bonds. The van der Waals surface area contributed by atoms with Gasteiger partial charge in [-0.1, -0.05) is 18.2 Å². The Hall–Kier alpha value is -2.07. The molecule has 0 fully saturated rings. The highest BCUT2D eigenvalue weighted by atomic mass is 79.9. The number of carbonyl (C=O) groups is 1. The first-order chi connectivity index (χ1) is 12.5. The number of alkyl halides is 4. The second-order valence-electron chi connectivity index (χ2n) is 5.52. The lowest BCUT2D eigenvalue weighted by molar-refractivity contribution is -0.106. The number of halogens is 7. The van der Waals surface area contributed by atoms with E-state index in [2.05, 4.69) is 15.9 Å². The van der Waals surface area contributed by atoms with Crippen molar-refractivity contribution in [3.63, 3.8) is 0 Å². The summed E-state index contributed by atoms with van der Waals surface area (Å²) in [7, 11) is 0. The van der Waals surface area contributed by atoms with Gasteiger partial charge in [0.15, 0.2) is 5.82 Å². The predicted molar refractivity (Wildman–Crippen MR) is 87.7 cm³/mol. The molecule has 146 valence electrons. The number of hydrogen-bond donors (Lipinski definition) is 2. The van der Waals surface area contributed by atoms with Gasteiger partial charge in [0, 0.05) is 5.56 Å². The molecule has 2 N–H and O–H groups in total. The number of amides is 1. The van der Waals surface area contributed by atoms with Crippen LogP contribution in [0.4, 0.5) is 26.3 Å². The predicted octanol–water partition coefficient (Wildman–Crippen LogP) is 4.76. The molecule has 0 aromatic heterocycles. The lowest BCUT2D eigenvalue weighted by Crippen LogP contribution is -2.41. The molecule has 2 rings (SSSR count). The van der Waals surface area contributed by atoms with Crippen LogP contribution in [0.5, 0.6) is 0 Å². The molecule has 0 radical (unpaired) electrons. The number of aliphatic hydroxyl groups excluding tert-OH is 1. The molecule has 1 atom stereocenters. The summed E-state index contributed by atoms with van der Waals surface area (Å²) in [5, 5.41) is 11.4. The molecule has 2 aromatic rings. The molecule has 0 saturated heterocycles. The van der Waals surface area contributed by atoms with E-state index in [-0.39, 0.29) is 10.0 Å². The minimum absolute atomic E-state index is 0.296. The van der Waals surface area contributed by atoms with E-state index in [9.17, 15) is 36.2 Å². The molecule has 3 nitrogen and oxygen atoms in total. The Labute approximate surface area is 158 Å². The smallest absolute Gasteiger partial charge is 0.294 e. The number of rotatable bonds is 6. The minimum atomic E-state index is -3.93. The molecule has 0 bridgehead atoms. The van der Waals surface area contributed by atoms with Crippen LogP contribution in [0, 0.1) is 11.6 Å². The molecule has 2 aromatic carbocycles. The third-order valence-electron chi connectivity index (χ3n) is 3.66. The quantitative estimate of drug-likeness (QED) is 0.616. The van der Waals surface area contributed by atoms with E-state index >= 15 is 0 Å². The second-order valence-corrected chi connectivity index (χ2v) is 6.38. The summed E-state index contributed by atoms with van der Waals surface area (Å²) in [4.78, 5) is 12.0. The Morgan fingerprint density at radius 3 is 2.26 bits per heavy atom. The zero-order valence-electron chi connectivity index (χ0n) is 13.3. The van der Waals surface area contributed by atoms with Crippen LogP contribution >= 0.6 is 15.9 Å². The fourth-order valence-corrected chi connectivity index (χ4v) is 2.58. The van der Waals surface area contributed by atoms with Crippen LogP contribution in [-0.2, 0) is 0 Å². The largest absolute Gasteiger partial charge is 0.382 e. The maximum Gasteiger partial charge on any atom is 0.294 e. The molecule has 0 unspecified atom stereocenters. The molecule has 0 aliphatic carbocycles. The van der Waals surface area contributed by atoms with Crippen molar-refractivity contribution in [2.45, 2.75) is 18.5 Å². The van der Waals surface area contributed by atoms with Crippen molar-refractivity contribution in [1.82, 2.24) is 5.32 Å². The van der Waals surface area contributed by atoms with Crippen LogP contribution < -0.4 is 5.32 Å². The van der Waals surface area contributed by atoms with Crippen LogP contribution in [-0.4, -0.2) is 23.5 Å². The van der Waals surface area contributed by atoms with Crippen molar-refractivity contribution in [2.24, 2.45) is 0 Å². The van der Waals surface area contributed by atoms with Crippen molar-refractivity contribution < 1.29 is 36.2 Å². The molecular formula is C17H12BrF6NO2. The summed E-state index contributed by atoms with van der Waals surface area (Å²) in [6.45, 7) is -1.46. The van der Waals surface area contributed by atoms with Gasteiger partial charge in [0.1, 0.15) is 11.9 Å². The average Bonchev–Trinajstić information content (AvgIpc) is 2.61. The summed E-state index contributed by atoms with van der Waals surface area (Å²) in [5.74, 6) is -7.45. The van der Waals surface area contributed by atoms with Crippen molar-refractivity contribution in [3.05, 3.63) is 69.2 Å². The zero-order chi connectivity index (χ0) is 20.4. The van der Waals surface area contributed by atoms with E-state index in [4.69, 9.17) is 0 Å². The summed E-state index contributed by atoms with van der Waals surface area (Å²) >= 11 is 2.73. The maximum absolute atomic E-state index is 14.1. The number of carbonyl (C=O) groups excluding carboxylic acids is 1. The molecule has 0 aliphatic heterocycles. The van der Waals surface area contributed by atoms with Gasteiger partial charge in [-0.2, -0.15) is 0 Å². The lowest BCUT2D eigenvalue weighted by Gasteiger charge is -2.23. The van der Waals surface area contributed by atoms with Gasteiger partial charge in [0.2, 0.25) is 0 Å². The summed E-state index contributed by atoms with van der Waals surface area (Å²) in [6, 6.07) is 5.33. The van der Waals surface area contributed by atoms with Crippen LogP contribution in [0.3, 0.4) is 0 Å². The van der Waals surface area contributed by atoms with Crippen molar-refractivity contribution >= 4 is 21.8 Å². The summed E-state index contributed by atoms with van der Waals surface area (Å²) < 4.78 is 80.7. The van der Waals surface area contributed by atoms with Crippen LogP contribution in [0.15, 0.2) is 40.9 Å². The third-order valence-corrected chi connectivity index (χ3v) is 4.27. The maximum atomic E-state index is 14.1. The summed E-state index contributed by atoms with van der Waals surface area (Å²) in [6.07, 6.45) is -5.61. The van der Waals surface area contributed by atoms with E-state index in [0.29, 0.717) is 0 Å². The van der Waals surface area contributed by atoms with Gasteiger partial charge < -0.3 is 10.4 Å². The Kier molecular flexibility index (Phi) is 6.53. The Bertz CT molecular complexity index is 829. The van der Waals surface area contributed by atoms with Gasteiger partial charge in [0.25, 0.3) is 18.3 Å². The van der Waals surface area contributed by atoms with Crippen molar-refractivity contribution in [1.29, 1.82) is 0 Å². The first kappa shape index (κ1) is 21.2. The molecular weight excluding hydrogens is 444 g/mol. The first-order valence-corrected chi connectivity index (χ1v) is 8.19.